The molecule has 4 rings (SSSR count). The van der Waals surface area contributed by atoms with Crippen molar-refractivity contribution in [3.63, 3.8) is 0 Å². The SMILES string of the molecule is O=C(NC(CO)c1nc(-c2c[nH]c3cc(F)ccc23)no1)c1ccc(F)cc1. The van der Waals surface area contributed by atoms with Crippen molar-refractivity contribution in [1.29, 1.82) is 0 Å². The molecule has 2 heterocycles. The van der Waals surface area contributed by atoms with Crippen LogP contribution in [0.2, 0.25) is 0 Å². The van der Waals surface area contributed by atoms with Crippen LogP contribution in [-0.2, 0) is 0 Å². The van der Waals surface area contributed by atoms with E-state index in [4.69, 9.17) is 4.52 Å². The number of aliphatic hydroxyl groups is 1. The molecule has 142 valence electrons. The average molecular weight is 384 g/mol. The fraction of sp³-hybridized carbons (Fsp3) is 0.105. The van der Waals surface area contributed by atoms with E-state index in [1.807, 2.05) is 0 Å². The number of halogens is 2. The second-order valence-electron chi connectivity index (χ2n) is 6.06. The summed E-state index contributed by atoms with van der Waals surface area (Å²) >= 11 is 0. The molecule has 1 unspecified atom stereocenters. The summed E-state index contributed by atoms with van der Waals surface area (Å²) in [5.74, 6) is -1.14. The molecule has 2 aromatic carbocycles. The van der Waals surface area contributed by atoms with E-state index in [-0.39, 0.29) is 23.1 Å². The number of fused-ring (bicyclic) bond motifs is 1. The number of benzene rings is 2. The van der Waals surface area contributed by atoms with Crippen molar-refractivity contribution in [2.45, 2.75) is 6.04 Å². The number of aromatic amines is 1. The second-order valence-corrected chi connectivity index (χ2v) is 6.06. The molecule has 0 spiro atoms. The molecule has 1 atom stereocenters. The van der Waals surface area contributed by atoms with Crippen LogP contribution < -0.4 is 5.32 Å². The first kappa shape index (κ1) is 17.8. The van der Waals surface area contributed by atoms with Gasteiger partial charge in [-0.1, -0.05) is 5.16 Å². The van der Waals surface area contributed by atoms with E-state index in [1.54, 1.807) is 12.3 Å². The van der Waals surface area contributed by atoms with Crippen LogP contribution in [0.1, 0.15) is 22.3 Å². The zero-order valence-electron chi connectivity index (χ0n) is 14.3. The molecule has 0 saturated carbocycles. The number of carbonyl (C=O) groups is 1. The molecule has 2 aromatic heterocycles. The van der Waals surface area contributed by atoms with Gasteiger partial charge in [-0.25, -0.2) is 8.78 Å². The van der Waals surface area contributed by atoms with Gasteiger partial charge in [0.25, 0.3) is 11.8 Å². The van der Waals surface area contributed by atoms with E-state index in [0.29, 0.717) is 16.5 Å². The van der Waals surface area contributed by atoms with Crippen LogP contribution >= 0.6 is 0 Å². The number of nitrogens with zero attached hydrogens (tertiary/aromatic N) is 2. The summed E-state index contributed by atoms with van der Waals surface area (Å²) in [4.78, 5) is 19.4. The van der Waals surface area contributed by atoms with Crippen LogP contribution in [-0.4, -0.2) is 32.7 Å². The third-order valence-electron chi connectivity index (χ3n) is 4.22. The lowest BCUT2D eigenvalue weighted by Crippen LogP contribution is -2.31. The molecule has 4 aromatic rings. The van der Waals surface area contributed by atoms with Crippen molar-refractivity contribution < 1.29 is 23.2 Å². The Hall–Kier alpha value is -3.59. The highest BCUT2D eigenvalue weighted by atomic mass is 19.1. The maximum absolute atomic E-state index is 13.3. The van der Waals surface area contributed by atoms with Gasteiger partial charge < -0.3 is 19.9 Å². The van der Waals surface area contributed by atoms with Gasteiger partial charge in [-0.3, -0.25) is 4.79 Å². The predicted octanol–water partition coefficient (Wildman–Crippen LogP) is 2.96. The summed E-state index contributed by atoms with van der Waals surface area (Å²) in [5.41, 5.74) is 1.38. The van der Waals surface area contributed by atoms with Crippen molar-refractivity contribution in [2.24, 2.45) is 0 Å². The smallest absolute Gasteiger partial charge is 0.251 e. The Morgan fingerprint density at radius 2 is 1.93 bits per heavy atom. The normalized spacial score (nSPS) is 12.2. The van der Waals surface area contributed by atoms with Gasteiger partial charge in [0, 0.05) is 28.2 Å². The second kappa shape index (κ2) is 7.20. The number of amides is 1. The topological polar surface area (TPSA) is 104 Å². The minimum atomic E-state index is -0.943. The fourth-order valence-electron chi connectivity index (χ4n) is 2.80. The van der Waals surface area contributed by atoms with Crippen molar-refractivity contribution in [3.05, 3.63) is 71.8 Å². The van der Waals surface area contributed by atoms with E-state index in [0.717, 1.165) is 12.1 Å². The molecule has 7 nitrogen and oxygen atoms in total. The number of aliphatic hydroxyl groups excluding tert-OH is 1. The van der Waals surface area contributed by atoms with Crippen LogP contribution in [0.15, 0.2) is 53.2 Å². The lowest BCUT2D eigenvalue weighted by molar-refractivity contribution is 0.0901. The Labute approximate surface area is 157 Å². The van der Waals surface area contributed by atoms with Crippen molar-refractivity contribution >= 4 is 16.8 Å². The monoisotopic (exact) mass is 384 g/mol. The maximum Gasteiger partial charge on any atom is 0.251 e. The molecule has 0 bridgehead atoms. The first-order valence-electron chi connectivity index (χ1n) is 8.33. The molecular weight excluding hydrogens is 370 g/mol. The van der Waals surface area contributed by atoms with Gasteiger partial charge in [-0.05, 0) is 42.5 Å². The maximum atomic E-state index is 13.3. The van der Waals surface area contributed by atoms with E-state index < -0.39 is 24.4 Å². The van der Waals surface area contributed by atoms with Crippen LogP contribution in [0.4, 0.5) is 8.78 Å². The van der Waals surface area contributed by atoms with E-state index >= 15 is 0 Å². The molecule has 0 aliphatic heterocycles. The number of rotatable bonds is 5. The predicted molar refractivity (Wildman–Crippen MR) is 95.2 cm³/mol. The van der Waals surface area contributed by atoms with E-state index in [2.05, 4.69) is 20.4 Å². The summed E-state index contributed by atoms with van der Waals surface area (Å²) in [6.07, 6.45) is 1.61. The van der Waals surface area contributed by atoms with Gasteiger partial charge in [0.1, 0.15) is 17.7 Å². The fourth-order valence-corrected chi connectivity index (χ4v) is 2.80. The number of H-pyrrole nitrogens is 1. The van der Waals surface area contributed by atoms with E-state index in [9.17, 15) is 18.7 Å². The Kier molecular flexibility index (Phi) is 4.58. The van der Waals surface area contributed by atoms with Gasteiger partial charge in [-0.15, -0.1) is 0 Å². The molecule has 9 heteroatoms. The van der Waals surface area contributed by atoms with E-state index in [1.165, 1.54) is 24.3 Å². The lowest BCUT2D eigenvalue weighted by Gasteiger charge is -2.12. The van der Waals surface area contributed by atoms with Gasteiger partial charge in [0.2, 0.25) is 5.82 Å². The largest absolute Gasteiger partial charge is 0.394 e. The van der Waals surface area contributed by atoms with Crippen molar-refractivity contribution in [1.82, 2.24) is 20.4 Å². The summed E-state index contributed by atoms with van der Waals surface area (Å²) in [5, 5.41) is 16.7. The van der Waals surface area contributed by atoms with Crippen LogP contribution in [0.5, 0.6) is 0 Å². The van der Waals surface area contributed by atoms with Crippen LogP contribution in [0.3, 0.4) is 0 Å². The third-order valence-corrected chi connectivity index (χ3v) is 4.22. The molecule has 0 aliphatic rings. The highest BCUT2D eigenvalue weighted by Crippen LogP contribution is 2.27. The number of aromatic nitrogens is 3. The highest BCUT2D eigenvalue weighted by molar-refractivity contribution is 5.94. The van der Waals surface area contributed by atoms with Gasteiger partial charge >= 0.3 is 0 Å². The number of hydrogen-bond acceptors (Lipinski definition) is 5. The zero-order chi connectivity index (χ0) is 19.7. The summed E-state index contributed by atoms with van der Waals surface area (Å²) in [6, 6.07) is 8.28. The Morgan fingerprint density at radius 1 is 1.18 bits per heavy atom. The molecule has 0 saturated heterocycles. The molecule has 0 aliphatic carbocycles. The molecule has 28 heavy (non-hydrogen) atoms. The molecule has 0 fully saturated rings. The zero-order valence-corrected chi connectivity index (χ0v) is 14.3. The van der Waals surface area contributed by atoms with Crippen molar-refractivity contribution in [3.8, 4) is 11.4 Å². The molecule has 0 radical (unpaired) electrons. The Bertz CT molecular complexity index is 1140. The molecule has 1 amide bonds. The minimum Gasteiger partial charge on any atom is -0.394 e. The van der Waals surface area contributed by atoms with Gasteiger partial charge in [-0.2, -0.15) is 4.98 Å². The number of hydrogen-bond donors (Lipinski definition) is 3. The van der Waals surface area contributed by atoms with Crippen molar-refractivity contribution in [2.75, 3.05) is 6.61 Å². The van der Waals surface area contributed by atoms with Gasteiger partial charge in [0.05, 0.1) is 6.61 Å². The van der Waals surface area contributed by atoms with Crippen LogP contribution in [0.25, 0.3) is 22.3 Å². The third kappa shape index (κ3) is 3.35. The Morgan fingerprint density at radius 3 is 2.68 bits per heavy atom. The Balaban J connectivity index is 1.57. The van der Waals surface area contributed by atoms with Crippen LogP contribution in [0, 0.1) is 11.6 Å². The van der Waals surface area contributed by atoms with Gasteiger partial charge in [0.15, 0.2) is 0 Å². The summed E-state index contributed by atoms with van der Waals surface area (Å²) in [7, 11) is 0. The first-order chi connectivity index (χ1) is 13.5. The quantitative estimate of drug-likeness (QED) is 0.491. The first-order valence-corrected chi connectivity index (χ1v) is 8.33. The highest BCUT2D eigenvalue weighted by Gasteiger charge is 2.22. The summed E-state index contributed by atoms with van der Waals surface area (Å²) < 4.78 is 31.5. The molecule has 3 N–H and O–H groups in total. The number of nitrogens with one attached hydrogen (secondary N) is 2. The molecular formula is C19H14F2N4O3. The lowest BCUT2D eigenvalue weighted by atomic mass is 10.1. The minimum absolute atomic E-state index is 0.00410. The summed E-state index contributed by atoms with van der Waals surface area (Å²) in [6.45, 7) is -0.479. The standard InChI is InChI=1S/C19H14F2N4O3/c20-11-3-1-10(2-4-11)18(27)23-16(9-26)19-24-17(25-28-19)14-8-22-15-7-12(21)5-6-13(14)15/h1-8,16,22,26H,9H2,(H,23,27). The average Bonchev–Trinajstić information content (AvgIpc) is 3.33. The number of carbonyl (C=O) groups excluding carboxylic acids is 1.